The topological polar surface area (TPSA) is 51.2 Å². The number of benzene rings is 1. The number of halogens is 1. The standard InChI is InChI=1S/C15H17BrN2O2S/c1-3-20-14(19)7-6-12-9-21-15(17-12)18-13-8-11(16)5-4-10(13)2/h4-5,8-9H,3,6-7H2,1-2H3,(H,17,18). The molecular formula is C15H17BrN2O2S. The van der Waals surface area contributed by atoms with Gasteiger partial charge in [0.05, 0.1) is 18.7 Å². The first kappa shape index (κ1) is 16.0. The highest BCUT2D eigenvalue weighted by Gasteiger charge is 2.07. The molecule has 1 N–H and O–H groups in total. The molecule has 0 fully saturated rings. The lowest BCUT2D eigenvalue weighted by molar-refractivity contribution is -0.143. The normalized spacial score (nSPS) is 10.4. The predicted octanol–water partition coefficient (Wildman–Crippen LogP) is 4.45. The van der Waals surface area contributed by atoms with Crippen molar-refractivity contribution in [3.05, 3.63) is 39.3 Å². The number of esters is 1. The van der Waals surface area contributed by atoms with E-state index in [1.807, 2.05) is 37.4 Å². The van der Waals surface area contributed by atoms with Gasteiger partial charge in [0.2, 0.25) is 0 Å². The third-order valence-electron chi connectivity index (χ3n) is 2.88. The molecule has 4 nitrogen and oxygen atoms in total. The number of nitrogens with one attached hydrogen (secondary N) is 1. The van der Waals surface area contributed by atoms with Gasteiger partial charge in [-0.25, -0.2) is 4.98 Å². The van der Waals surface area contributed by atoms with Crippen LogP contribution >= 0.6 is 27.3 Å². The van der Waals surface area contributed by atoms with Crippen molar-refractivity contribution in [3.8, 4) is 0 Å². The number of ether oxygens (including phenoxy) is 1. The highest BCUT2D eigenvalue weighted by Crippen LogP contribution is 2.26. The van der Waals surface area contributed by atoms with Crippen molar-refractivity contribution < 1.29 is 9.53 Å². The van der Waals surface area contributed by atoms with Gasteiger partial charge >= 0.3 is 5.97 Å². The van der Waals surface area contributed by atoms with E-state index in [9.17, 15) is 4.79 Å². The number of aryl methyl sites for hydroxylation is 2. The molecule has 6 heteroatoms. The van der Waals surface area contributed by atoms with E-state index in [1.165, 1.54) is 11.3 Å². The highest BCUT2D eigenvalue weighted by molar-refractivity contribution is 9.10. The van der Waals surface area contributed by atoms with E-state index >= 15 is 0 Å². The molecular weight excluding hydrogens is 352 g/mol. The van der Waals surface area contributed by atoms with Crippen LogP contribution in [0.3, 0.4) is 0 Å². The largest absolute Gasteiger partial charge is 0.466 e. The van der Waals surface area contributed by atoms with Crippen molar-refractivity contribution in [1.82, 2.24) is 4.98 Å². The van der Waals surface area contributed by atoms with Crippen LogP contribution < -0.4 is 5.32 Å². The van der Waals surface area contributed by atoms with Crippen LogP contribution in [0, 0.1) is 6.92 Å². The number of hydrogen-bond donors (Lipinski definition) is 1. The Morgan fingerprint density at radius 3 is 3.05 bits per heavy atom. The van der Waals surface area contributed by atoms with Gasteiger partial charge in [0.25, 0.3) is 0 Å². The first-order valence-corrected chi connectivity index (χ1v) is 8.39. The molecule has 21 heavy (non-hydrogen) atoms. The van der Waals surface area contributed by atoms with Gasteiger partial charge < -0.3 is 10.1 Å². The van der Waals surface area contributed by atoms with Gasteiger partial charge in [0, 0.05) is 22.0 Å². The van der Waals surface area contributed by atoms with Gasteiger partial charge in [-0.15, -0.1) is 11.3 Å². The van der Waals surface area contributed by atoms with Crippen LogP contribution in [0.5, 0.6) is 0 Å². The Kier molecular flexibility index (Phi) is 5.76. The van der Waals surface area contributed by atoms with E-state index in [0.29, 0.717) is 19.4 Å². The molecule has 0 unspecified atom stereocenters. The van der Waals surface area contributed by atoms with E-state index in [1.54, 1.807) is 0 Å². The summed E-state index contributed by atoms with van der Waals surface area (Å²) in [6.07, 6.45) is 0.974. The molecule has 0 radical (unpaired) electrons. The van der Waals surface area contributed by atoms with Crippen LogP contribution in [0.1, 0.15) is 24.6 Å². The van der Waals surface area contributed by atoms with Gasteiger partial charge in [0.15, 0.2) is 5.13 Å². The Bertz CT molecular complexity index is 628. The van der Waals surface area contributed by atoms with Crippen LogP contribution in [-0.2, 0) is 16.0 Å². The Morgan fingerprint density at radius 2 is 2.29 bits per heavy atom. The van der Waals surface area contributed by atoms with Crippen LogP contribution in [0.25, 0.3) is 0 Å². The van der Waals surface area contributed by atoms with E-state index in [0.717, 1.165) is 26.5 Å². The number of rotatable bonds is 6. The maximum absolute atomic E-state index is 11.3. The number of nitrogens with zero attached hydrogens (tertiary/aromatic N) is 1. The van der Waals surface area contributed by atoms with Crippen molar-refractivity contribution in [2.45, 2.75) is 26.7 Å². The van der Waals surface area contributed by atoms with Crippen molar-refractivity contribution in [2.24, 2.45) is 0 Å². The number of anilines is 2. The molecule has 112 valence electrons. The lowest BCUT2D eigenvalue weighted by Crippen LogP contribution is -2.05. The monoisotopic (exact) mass is 368 g/mol. The second-order valence-corrected chi connectivity index (χ2v) is 6.31. The minimum atomic E-state index is -0.178. The van der Waals surface area contributed by atoms with Crippen LogP contribution in [0.4, 0.5) is 10.8 Å². The molecule has 2 aromatic rings. The Balaban J connectivity index is 1.97. The molecule has 0 spiro atoms. The maximum Gasteiger partial charge on any atom is 0.306 e. The minimum Gasteiger partial charge on any atom is -0.466 e. The fourth-order valence-electron chi connectivity index (χ4n) is 1.79. The molecule has 0 saturated carbocycles. The lowest BCUT2D eigenvalue weighted by Gasteiger charge is -2.06. The molecule has 0 aliphatic heterocycles. The van der Waals surface area contributed by atoms with Crippen molar-refractivity contribution in [3.63, 3.8) is 0 Å². The number of thiazole rings is 1. The van der Waals surface area contributed by atoms with Gasteiger partial charge in [-0.2, -0.15) is 0 Å². The van der Waals surface area contributed by atoms with Gasteiger partial charge in [-0.3, -0.25) is 4.79 Å². The molecule has 0 bridgehead atoms. The molecule has 1 aromatic carbocycles. The molecule has 2 rings (SSSR count). The summed E-state index contributed by atoms with van der Waals surface area (Å²) in [6.45, 7) is 4.28. The summed E-state index contributed by atoms with van der Waals surface area (Å²) in [5, 5.41) is 6.10. The molecule has 0 amide bonds. The Morgan fingerprint density at radius 1 is 1.48 bits per heavy atom. The number of carbonyl (C=O) groups is 1. The summed E-state index contributed by atoms with van der Waals surface area (Å²) in [6, 6.07) is 6.07. The average Bonchev–Trinajstić information content (AvgIpc) is 2.89. The zero-order valence-electron chi connectivity index (χ0n) is 12.0. The highest BCUT2D eigenvalue weighted by atomic mass is 79.9. The predicted molar refractivity (Wildman–Crippen MR) is 89.2 cm³/mol. The van der Waals surface area contributed by atoms with Gasteiger partial charge in [0.1, 0.15) is 0 Å². The molecule has 0 saturated heterocycles. The molecule has 1 heterocycles. The van der Waals surface area contributed by atoms with Crippen LogP contribution in [0.15, 0.2) is 28.1 Å². The number of carbonyl (C=O) groups excluding carboxylic acids is 1. The molecule has 0 aliphatic rings. The molecule has 1 aromatic heterocycles. The van der Waals surface area contributed by atoms with Crippen molar-refractivity contribution in [2.75, 3.05) is 11.9 Å². The first-order valence-electron chi connectivity index (χ1n) is 6.71. The molecule has 0 aliphatic carbocycles. The SMILES string of the molecule is CCOC(=O)CCc1csc(Nc2cc(Br)ccc2C)n1. The van der Waals surface area contributed by atoms with E-state index in [4.69, 9.17) is 4.74 Å². The summed E-state index contributed by atoms with van der Waals surface area (Å²) in [4.78, 5) is 15.8. The second-order valence-electron chi connectivity index (χ2n) is 4.53. The van der Waals surface area contributed by atoms with Crippen LogP contribution in [0.2, 0.25) is 0 Å². The first-order chi connectivity index (χ1) is 10.1. The van der Waals surface area contributed by atoms with Gasteiger partial charge in [-0.05, 0) is 31.5 Å². The summed E-state index contributed by atoms with van der Waals surface area (Å²) in [5.74, 6) is -0.178. The fraction of sp³-hybridized carbons (Fsp3) is 0.333. The van der Waals surface area contributed by atoms with E-state index in [-0.39, 0.29) is 5.97 Å². The minimum absolute atomic E-state index is 0.178. The zero-order chi connectivity index (χ0) is 15.2. The average molecular weight is 369 g/mol. The van der Waals surface area contributed by atoms with Crippen molar-refractivity contribution >= 4 is 44.1 Å². The third kappa shape index (κ3) is 4.82. The number of aromatic nitrogens is 1. The summed E-state index contributed by atoms with van der Waals surface area (Å²) in [5.41, 5.74) is 3.08. The smallest absolute Gasteiger partial charge is 0.306 e. The maximum atomic E-state index is 11.3. The zero-order valence-corrected chi connectivity index (χ0v) is 14.4. The fourth-order valence-corrected chi connectivity index (χ4v) is 2.90. The second kappa shape index (κ2) is 7.56. The Labute approximate surface area is 136 Å². The molecule has 0 atom stereocenters. The Hall–Kier alpha value is -1.40. The van der Waals surface area contributed by atoms with Crippen molar-refractivity contribution in [1.29, 1.82) is 0 Å². The van der Waals surface area contributed by atoms with Crippen LogP contribution in [-0.4, -0.2) is 17.6 Å². The number of hydrogen-bond acceptors (Lipinski definition) is 5. The van der Waals surface area contributed by atoms with E-state index < -0.39 is 0 Å². The summed E-state index contributed by atoms with van der Waals surface area (Å²) < 4.78 is 5.93. The van der Waals surface area contributed by atoms with E-state index in [2.05, 4.69) is 26.2 Å². The van der Waals surface area contributed by atoms with Gasteiger partial charge in [-0.1, -0.05) is 22.0 Å². The quantitative estimate of drug-likeness (QED) is 0.765. The third-order valence-corrected chi connectivity index (χ3v) is 4.18. The summed E-state index contributed by atoms with van der Waals surface area (Å²) >= 11 is 5.00. The lowest BCUT2D eigenvalue weighted by atomic mass is 10.2. The summed E-state index contributed by atoms with van der Waals surface area (Å²) in [7, 11) is 0.